The molecule has 30 nitrogen and oxygen atoms in total. The van der Waals surface area contributed by atoms with Crippen LogP contribution < -0.4 is 39.9 Å². The first-order valence-electron chi connectivity index (χ1n) is 40.1. The molecular weight excluding hydrogens is 1900 g/mol. The van der Waals surface area contributed by atoms with Crippen LogP contribution in [0, 0.1) is 66.6 Å². The number of non-ortho nitro benzene ring substituents is 4. The van der Waals surface area contributed by atoms with Gasteiger partial charge in [0.2, 0.25) is 17.8 Å². The van der Waals surface area contributed by atoms with Crippen molar-refractivity contribution >= 4 is 137 Å². The number of aldehydes is 1. The summed E-state index contributed by atoms with van der Waals surface area (Å²) in [5.41, 5.74) is 53.8. The molecular formula is C100H85BBr3N17O13. The van der Waals surface area contributed by atoms with E-state index in [2.05, 4.69) is 176 Å². The number of hydrogen-bond donors (Lipinski definition) is 9. The fourth-order valence-electron chi connectivity index (χ4n) is 12.0. The number of nitro benzene ring substituents is 4. The molecule has 3 heterocycles. The van der Waals surface area contributed by atoms with Gasteiger partial charge in [0, 0.05) is 118 Å². The van der Waals surface area contributed by atoms with Gasteiger partial charge in [0.05, 0.1) is 53.9 Å². The number of carbonyl (C=O) groups is 3. The van der Waals surface area contributed by atoms with Crippen LogP contribution in [-0.4, -0.2) is 90.6 Å². The average Bonchev–Trinajstić information content (AvgIpc) is 0.806. The van der Waals surface area contributed by atoms with Gasteiger partial charge in [0.15, 0.2) is 17.5 Å². The molecule has 0 spiro atoms. The number of nitro groups is 4. The molecule has 0 radical (unpaired) electrons. The lowest BCUT2D eigenvalue weighted by Gasteiger charge is -2.09. The van der Waals surface area contributed by atoms with E-state index in [1.807, 2.05) is 128 Å². The maximum absolute atomic E-state index is 11.9. The van der Waals surface area contributed by atoms with Crippen molar-refractivity contribution in [3.05, 3.63) is 433 Å². The van der Waals surface area contributed by atoms with Crippen molar-refractivity contribution in [3.8, 4) is 89.8 Å². The van der Waals surface area contributed by atoms with Gasteiger partial charge in [-0.25, -0.2) is 29.9 Å². The van der Waals surface area contributed by atoms with Crippen LogP contribution in [0.25, 0.3) is 95.9 Å². The average molecular weight is 1980 g/mol. The van der Waals surface area contributed by atoms with Gasteiger partial charge in [-0.1, -0.05) is 228 Å². The number of ketones is 2. The van der Waals surface area contributed by atoms with Gasteiger partial charge < -0.3 is 44.5 Å². The van der Waals surface area contributed by atoms with E-state index in [0.717, 1.165) is 91.6 Å². The Morgan fingerprint density at radius 2 is 0.627 bits per heavy atom. The normalized spacial score (nSPS) is 10.2. The predicted octanol–water partition coefficient (Wildman–Crippen LogP) is 21.1. The number of carbonyl (C=O) groups excluding carboxylic acids is 3. The van der Waals surface area contributed by atoms with Crippen molar-refractivity contribution in [1.29, 1.82) is 5.41 Å². The molecule has 134 heavy (non-hydrogen) atoms. The van der Waals surface area contributed by atoms with Gasteiger partial charge in [-0.3, -0.25) is 60.3 Å². The van der Waals surface area contributed by atoms with E-state index in [-0.39, 0.29) is 58.1 Å². The largest absolute Gasteiger partial charge is 0.488 e. The van der Waals surface area contributed by atoms with Crippen LogP contribution in [0.15, 0.2) is 353 Å². The van der Waals surface area contributed by atoms with Gasteiger partial charge in [-0.2, -0.15) is 0 Å². The summed E-state index contributed by atoms with van der Waals surface area (Å²) in [6.07, 6.45) is 3.72. The summed E-state index contributed by atoms with van der Waals surface area (Å²) in [5, 5.41) is 65.6. The Bertz CT molecular complexity index is 6840. The number of benzene rings is 13. The number of allylic oxidation sites excluding steroid dienone is 1. The van der Waals surface area contributed by atoms with Crippen molar-refractivity contribution in [1.82, 2.24) is 29.9 Å². The molecule has 0 aliphatic rings. The van der Waals surface area contributed by atoms with Crippen molar-refractivity contribution < 1.29 is 44.1 Å². The molecule has 16 rings (SSSR count). The van der Waals surface area contributed by atoms with Gasteiger partial charge in [0.1, 0.15) is 6.29 Å². The standard InChI is InChI=1S/C23H18N4O2.C23H20N4.C16H11BrN4O2.C15H10BrNO3.C8H7BrO.C7H9BO2.C7H5NO3.CH5N3/c1-15-5-7-16(8-6-15)18-3-2-4-19(13-18)22-14-21(25-23(24)26-22)17-9-11-20(12-10-17)27(28)29;1-15-5-7-16(8-6-15)18-3-2-4-19(13-18)22-14-21(26-23(25)27-22)17-9-11-20(24)12-10-17;17-12-3-1-2-11(8-12)15-9-14(19-16(18)20-15)10-4-6-13(7-5-10)21(22)23;16-13-3-1-2-12(10-13)15(18)9-6-11-4-7-14(8-5-11)17(19)20;1-6(10)7-3-2-4-8(9)5-7;1-6-2-4-7(5-3-6)8(9)10;9-5-6-1-3-7(4-2-6)8(10)11;2-1(3)4/h2-14H,1H3,(H2,24,25,26);2-14H,24H2,1H3,(H2,25,26,27);1-9H,(H2,18,19,20);1-10H;2-5H,1H3;2-5,9-10H,1H3;1-5H;(H5,2,3,4)/b;;;9-6+;;;;. The van der Waals surface area contributed by atoms with Gasteiger partial charge in [-0.05, 0) is 194 Å². The molecule has 0 saturated carbocycles. The fraction of sp³-hybridized carbons (Fsp3) is 0.0400. The molecule has 0 unspecified atom stereocenters. The van der Waals surface area contributed by atoms with Gasteiger partial charge in [-0.15, -0.1) is 0 Å². The third-order valence-electron chi connectivity index (χ3n) is 18.9. The molecule has 0 atom stereocenters. The van der Waals surface area contributed by atoms with E-state index in [1.165, 1.54) is 83.4 Å². The highest BCUT2D eigenvalue weighted by atomic mass is 79.9. The third-order valence-corrected chi connectivity index (χ3v) is 20.4. The Balaban J connectivity index is 0.000000180. The van der Waals surface area contributed by atoms with Crippen LogP contribution >= 0.6 is 47.8 Å². The number of guanidine groups is 1. The van der Waals surface area contributed by atoms with Crippen LogP contribution in [0.2, 0.25) is 0 Å². The number of nitrogen functional groups attached to an aromatic ring is 4. The van der Waals surface area contributed by atoms with Gasteiger partial charge in [0.25, 0.3) is 22.7 Å². The van der Waals surface area contributed by atoms with Crippen LogP contribution in [-0.2, 0) is 0 Å². The monoisotopic (exact) mass is 1980 g/mol. The second kappa shape index (κ2) is 49.8. The second-order valence-electron chi connectivity index (χ2n) is 29.0. The Morgan fingerprint density at radius 1 is 0.351 bits per heavy atom. The van der Waals surface area contributed by atoms with Crippen LogP contribution in [0.5, 0.6) is 0 Å². The first-order valence-corrected chi connectivity index (χ1v) is 42.5. The van der Waals surface area contributed by atoms with Crippen molar-refractivity contribution in [2.24, 2.45) is 11.5 Å². The molecule has 0 aliphatic heterocycles. The summed E-state index contributed by atoms with van der Waals surface area (Å²) in [6, 6.07) is 99.4. The molecule has 16 aromatic rings. The minimum absolute atomic E-state index is 0.00407. The van der Waals surface area contributed by atoms with E-state index < -0.39 is 26.8 Å². The van der Waals surface area contributed by atoms with Gasteiger partial charge >= 0.3 is 7.12 Å². The number of Topliss-reactive ketones (excluding diaryl/α,β-unsaturated/α-hetero) is 1. The van der Waals surface area contributed by atoms with Crippen molar-refractivity contribution in [3.63, 3.8) is 0 Å². The molecule has 34 heteroatoms. The van der Waals surface area contributed by atoms with Crippen LogP contribution in [0.1, 0.15) is 60.3 Å². The minimum atomic E-state index is -1.35. The lowest BCUT2D eigenvalue weighted by Crippen LogP contribution is -2.29. The smallest absolute Gasteiger partial charge is 0.423 e. The van der Waals surface area contributed by atoms with E-state index in [1.54, 1.807) is 91.9 Å². The maximum atomic E-state index is 11.9. The minimum Gasteiger partial charge on any atom is -0.423 e. The maximum Gasteiger partial charge on any atom is 0.488 e. The third kappa shape index (κ3) is 32.2. The van der Waals surface area contributed by atoms with Crippen LogP contribution in [0.4, 0.5) is 46.3 Å². The van der Waals surface area contributed by atoms with E-state index in [0.29, 0.717) is 51.3 Å². The SMILES string of the molecule is CC(=O)c1cccc(Br)c1.Cc1ccc(-c2cccc(-c3cc(-c4ccc(N)cc4)nc(N)n3)c2)cc1.Cc1ccc(-c2cccc(-c3cc(-c4ccc([N+](=O)[O-])cc4)nc(N)n3)c2)cc1.Cc1ccc(B(O)O)cc1.N=C(N)N.Nc1nc(-c2ccc([N+](=O)[O-])cc2)cc(-c2cccc(Br)c2)n1.O=C(/C=C/c1ccc([N+](=O)[O-])cc1)c1cccc(Br)c1.O=Cc1ccc([N+](=O)[O-])cc1. The Morgan fingerprint density at radius 3 is 0.948 bits per heavy atom. The highest BCUT2D eigenvalue weighted by molar-refractivity contribution is 9.11. The summed E-state index contributed by atoms with van der Waals surface area (Å²) in [6.45, 7) is 7.65. The zero-order valence-corrected chi connectivity index (χ0v) is 76.8. The molecule has 672 valence electrons. The topological polar surface area (TPSA) is 522 Å². The number of aryl methyl sites for hydroxylation is 3. The van der Waals surface area contributed by atoms with E-state index in [4.69, 9.17) is 38.4 Å². The second-order valence-corrected chi connectivity index (χ2v) is 31.7. The number of aromatic nitrogens is 6. The summed E-state index contributed by atoms with van der Waals surface area (Å²) < 4.78 is 2.72. The number of hydrogen-bond acceptors (Lipinski definition) is 24. The number of nitrogens with one attached hydrogen (secondary N) is 1. The Hall–Kier alpha value is -16.7. The van der Waals surface area contributed by atoms with Crippen molar-refractivity contribution in [2.75, 3.05) is 22.9 Å². The number of nitrogens with zero attached hydrogens (tertiary/aromatic N) is 10. The zero-order valence-electron chi connectivity index (χ0n) is 72.0. The summed E-state index contributed by atoms with van der Waals surface area (Å²) >= 11 is 10.0. The van der Waals surface area contributed by atoms with Crippen molar-refractivity contribution in [2.45, 2.75) is 27.7 Å². The van der Waals surface area contributed by atoms with Crippen LogP contribution in [0.3, 0.4) is 0 Å². The fourth-order valence-corrected chi connectivity index (χ4v) is 13.2. The summed E-state index contributed by atoms with van der Waals surface area (Å²) in [7, 11) is -1.35. The lowest BCUT2D eigenvalue weighted by atomic mass is 9.80. The predicted molar refractivity (Wildman–Crippen MR) is 538 cm³/mol. The summed E-state index contributed by atoms with van der Waals surface area (Å²) in [4.78, 5) is 99.2. The molecule has 15 N–H and O–H groups in total. The highest BCUT2D eigenvalue weighted by Gasteiger charge is 2.17. The number of nitrogens with two attached hydrogens (primary N) is 6. The quantitative estimate of drug-likeness (QED) is 0.00443. The van der Waals surface area contributed by atoms with E-state index >= 15 is 0 Å². The molecule has 3 aromatic heterocycles. The number of rotatable bonds is 18. The molecule has 0 aliphatic carbocycles. The molecule has 0 saturated heterocycles. The first kappa shape index (κ1) is 101. The number of halogens is 3. The lowest BCUT2D eigenvalue weighted by molar-refractivity contribution is -0.385. The first-order chi connectivity index (χ1) is 64.0. The molecule has 0 fully saturated rings. The Kier molecular flexibility index (Phi) is 37.6. The molecule has 0 bridgehead atoms. The number of anilines is 4. The molecule has 13 aromatic carbocycles. The van der Waals surface area contributed by atoms with E-state index in [9.17, 15) is 54.8 Å². The Labute approximate surface area is 795 Å². The molecule has 0 amide bonds. The summed E-state index contributed by atoms with van der Waals surface area (Å²) in [5.74, 6) is 0.193. The zero-order chi connectivity index (χ0) is 97.1. The highest BCUT2D eigenvalue weighted by Crippen LogP contribution is 2.34.